The lowest BCUT2D eigenvalue weighted by molar-refractivity contribution is -0.0499. The van der Waals surface area contributed by atoms with E-state index in [1.54, 1.807) is 29.4 Å². The molecular formula is C19H21F2N3O2. The summed E-state index contributed by atoms with van der Waals surface area (Å²) in [7, 11) is 0. The molecule has 1 aromatic heterocycles. The predicted molar refractivity (Wildman–Crippen MR) is 93.4 cm³/mol. The number of alkyl halides is 2. The van der Waals surface area contributed by atoms with Crippen molar-refractivity contribution in [3.8, 4) is 5.75 Å². The molecule has 0 unspecified atom stereocenters. The molecule has 0 radical (unpaired) electrons. The zero-order valence-corrected chi connectivity index (χ0v) is 14.4. The average Bonchev–Trinajstić information content (AvgIpc) is 2.67. The van der Waals surface area contributed by atoms with Crippen LogP contribution in [0.15, 0.2) is 48.8 Å². The van der Waals surface area contributed by atoms with Crippen molar-refractivity contribution in [2.75, 3.05) is 32.7 Å². The highest BCUT2D eigenvalue weighted by Crippen LogP contribution is 2.18. The molecule has 1 aliphatic heterocycles. The maximum Gasteiger partial charge on any atom is 0.387 e. The van der Waals surface area contributed by atoms with E-state index >= 15 is 0 Å². The molecular weight excluding hydrogens is 340 g/mol. The van der Waals surface area contributed by atoms with E-state index in [1.165, 1.54) is 17.7 Å². The number of pyridine rings is 1. The smallest absolute Gasteiger partial charge is 0.387 e. The number of carbonyl (C=O) groups is 1. The Morgan fingerprint density at radius 3 is 2.54 bits per heavy atom. The molecule has 0 bridgehead atoms. The third-order valence-electron chi connectivity index (χ3n) is 4.43. The number of aromatic nitrogens is 1. The topological polar surface area (TPSA) is 45.7 Å². The molecule has 7 heteroatoms. The van der Waals surface area contributed by atoms with E-state index in [0.717, 1.165) is 26.1 Å². The Morgan fingerprint density at radius 1 is 1.12 bits per heavy atom. The lowest BCUT2D eigenvalue weighted by atomic mass is 10.1. The van der Waals surface area contributed by atoms with Crippen LogP contribution in [0.5, 0.6) is 5.75 Å². The van der Waals surface area contributed by atoms with Crippen LogP contribution in [0.1, 0.15) is 15.9 Å². The Labute approximate surface area is 151 Å². The summed E-state index contributed by atoms with van der Waals surface area (Å²) in [5.41, 5.74) is 1.61. The number of piperazine rings is 1. The van der Waals surface area contributed by atoms with E-state index in [9.17, 15) is 13.6 Å². The van der Waals surface area contributed by atoms with Crippen LogP contribution in [-0.2, 0) is 6.42 Å². The van der Waals surface area contributed by atoms with Crippen molar-refractivity contribution in [1.82, 2.24) is 14.8 Å². The number of ether oxygens (including phenoxy) is 1. The summed E-state index contributed by atoms with van der Waals surface area (Å²) in [4.78, 5) is 20.7. The highest BCUT2D eigenvalue weighted by molar-refractivity contribution is 5.94. The Morgan fingerprint density at radius 2 is 1.85 bits per heavy atom. The van der Waals surface area contributed by atoms with Gasteiger partial charge in [-0.2, -0.15) is 8.78 Å². The van der Waals surface area contributed by atoms with Crippen molar-refractivity contribution < 1.29 is 18.3 Å². The molecule has 0 saturated carbocycles. The van der Waals surface area contributed by atoms with E-state index in [1.807, 2.05) is 12.1 Å². The number of halogens is 2. The fraction of sp³-hybridized carbons (Fsp3) is 0.368. The summed E-state index contributed by atoms with van der Waals surface area (Å²) in [5.74, 6) is -0.152. The Hall–Kier alpha value is -2.54. The first-order chi connectivity index (χ1) is 12.6. The molecule has 3 rings (SSSR count). The van der Waals surface area contributed by atoms with E-state index in [-0.39, 0.29) is 11.7 Å². The van der Waals surface area contributed by atoms with Gasteiger partial charge in [-0.05, 0) is 42.3 Å². The molecule has 2 heterocycles. The minimum atomic E-state index is -2.90. The van der Waals surface area contributed by atoms with E-state index in [4.69, 9.17) is 0 Å². The number of hydrogen-bond donors (Lipinski definition) is 0. The molecule has 1 amide bonds. The fourth-order valence-electron chi connectivity index (χ4n) is 3.00. The molecule has 0 aliphatic carbocycles. The average molecular weight is 361 g/mol. The van der Waals surface area contributed by atoms with Crippen LogP contribution in [0.25, 0.3) is 0 Å². The third-order valence-corrected chi connectivity index (χ3v) is 4.43. The zero-order valence-electron chi connectivity index (χ0n) is 14.4. The van der Waals surface area contributed by atoms with Crippen LogP contribution in [0.2, 0.25) is 0 Å². The standard InChI is InChI=1S/C19H21F2N3O2/c20-19(21)26-17-3-1-2-16(14-17)18(25)24-12-10-23(11-13-24)9-6-15-4-7-22-8-5-15/h1-5,7-8,14,19H,6,9-13H2. The highest BCUT2D eigenvalue weighted by atomic mass is 19.3. The molecule has 138 valence electrons. The summed E-state index contributed by atoms with van der Waals surface area (Å²) < 4.78 is 29.0. The number of nitrogens with zero attached hydrogens (tertiary/aromatic N) is 3. The number of rotatable bonds is 6. The molecule has 5 nitrogen and oxygen atoms in total. The second-order valence-corrected chi connectivity index (χ2v) is 6.15. The van der Waals surface area contributed by atoms with Crippen molar-refractivity contribution in [2.45, 2.75) is 13.0 Å². The van der Waals surface area contributed by atoms with Gasteiger partial charge in [-0.1, -0.05) is 6.07 Å². The van der Waals surface area contributed by atoms with Crippen LogP contribution in [-0.4, -0.2) is 60.0 Å². The molecule has 1 saturated heterocycles. The summed E-state index contributed by atoms with van der Waals surface area (Å²) in [5, 5.41) is 0. The van der Waals surface area contributed by atoms with Gasteiger partial charge in [-0.3, -0.25) is 14.7 Å². The SMILES string of the molecule is O=C(c1cccc(OC(F)F)c1)N1CCN(CCc2ccncc2)CC1. The zero-order chi connectivity index (χ0) is 18.4. The van der Waals surface area contributed by atoms with Gasteiger partial charge in [0, 0.05) is 50.7 Å². The Bertz CT molecular complexity index is 720. The predicted octanol–water partition coefficient (Wildman–Crippen LogP) is 2.68. The first-order valence-electron chi connectivity index (χ1n) is 8.57. The summed E-state index contributed by atoms with van der Waals surface area (Å²) >= 11 is 0. The van der Waals surface area contributed by atoms with Gasteiger partial charge in [0.15, 0.2) is 0 Å². The number of hydrogen-bond acceptors (Lipinski definition) is 4. The van der Waals surface area contributed by atoms with Crippen molar-refractivity contribution in [3.63, 3.8) is 0 Å². The lowest BCUT2D eigenvalue weighted by Crippen LogP contribution is -2.49. The van der Waals surface area contributed by atoms with Gasteiger partial charge in [0.1, 0.15) is 5.75 Å². The van der Waals surface area contributed by atoms with Gasteiger partial charge in [0.05, 0.1) is 0 Å². The molecule has 1 aromatic carbocycles. The minimum Gasteiger partial charge on any atom is -0.435 e. The first kappa shape index (κ1) is 18.3. The normalized spacial score (nSPS) is 15.3. The molecule has 26 heavy (non-hydrogen) atoms. The van der Waals surface area contributed by atoms with Crippen LogP contribution < -0.4 is 4.74 Å². The maximum atomic E-state index is 12.6. The van der Waals surface area contributed by atoms with Crippen LogP contribution in [0, 0.1) is 0 Å². The van der Waals surface area contributed by atoms with Crippen LogP contribution >= 0.6 is 0 Å². The molecule has 0 N–H and O–H groups in total. The monoisotopic (exact) mass is 361 g/mol. The van der Waals surface area contributed by atoms with Crippen molar-refractivity contribution in [1.29, 1.82) is 0 Å². The van der Waals surface area contributed by atoms with Gasteiger partial charge in [-0.15, -0.1) is 0 Å². The van der Waals surface area contributed by atoms with E-state index in [2.05, 4.69) is 14.6 Å². The van der Waals surface area contributed by atoms with E-state index < -0.39 is 6.61 Å². The summed E-state index contributed by atoms with van der Waals surface area (Å²) in [6, 6.07) is 9.97. The van der Waals surface area contributed by atoms with Gasteiger partial charge >= 0.3 is 6.61 Å². The van der Waals surface area contributed by atoms with Crippen molar-refractivity contribution in [2.24, 2.45) is 0 Å². The summed E-state index contributed by atoms with van der Waals surface area (Å²) in [6.07, 6.45) is 4.53. The number of carbonyl (C=O) groups excluding carboxylic acids is 1. The minimum absolute atomic E-state index is 0.00170. The Balaban J connectivity index is 1.50. The second-order valence-electron chi connectivity index (χ2n) is 6.15. The van der Waals surface area contributed by atoms with Gasteiger partial charge < -0.3 is 9.64 Å². The molecule has 1 fully saturated rings. The van der Waals surface area contributed by atoms with Gasteiger partial charge in [0.25, 0.3) is 5.91 Å². The molecule has 0 atom stereocenters. The first-order valence-corrected chi connectivity index (χ1v) is 8.57. The molecule has 1 aliphatic rings. The lowest BCUT2D eigenvalue weighted by Gasteiger charge is -2.34. The maximum absolute atomic E-state index is 12.6. The highest BCUT2D eigenvalue weighted by Gasteiger charge is 2.22. The van der Waals surface area contributed by atoms with Crippen molar-refractivity contribution in [3.05, 3.63) is 59.9 Å². The molecule has 2 aromatic rings. The van der Waals surface area contributed by atoms with Crippen LogP contribution in [0.3, 0.4) is 0 Å². The largest absolute Gasteiger partial charge is 0.435 e. The van der Waals surface area contributed by atoms with E-state index in [0.29, 0.717) is 18.7 Å². The van der Waals surface area contributed by atoms with Crippen molar-refractivity contribution >= 4 is 5.91 Å². The quantitative estimate of drug-likeness (QED) is 0.794. The van der Waals surface area contributed by atoms with Crippen LogP contribution in [0.4, 0.5) is 8.78 Å². The summed E-state index contributed by atoms with van der Waals surface area (Å²) in [6.45, 7) is 0.867. The second kappa shape index (κ2) is 8.71. The van der Waals surface area contributed by atoms with Gasteiger partial charge in [-0.25, -0.2) is 0 Å². The molecule has 0 spiro atoms. The Kier molecular flexibility index (Phi) is 6.12. The number of benzene rings is 1. The third kappa shape index (κ3) is 4.98. The number of amides is 1. The fourth-order valence-corrected chi connectivity index (χ4v) is 3.00. The van der Waals surface area contributed by atoms with Gasteiger partial charge in [0.2, 0.25) is 0 Å².